The van der Waals surface area contributed by atoms with Crippen LogP contribution in [0, 0.1) is 24.5 Å². The quantitative estimate of drug-likeness (QED) is 0.120. The summed E-state index contributed by atoms with van der Waals surface area (Å²) in [6, 6.07) is 28.5. The summed E-state index contributed by atoms with van der Waals surface area (Å²) in [4.78, 5) is 7.40. The summed E-state index contributed by atoms with van der Waals surface area (Å²) in [5, 5.41) is 9.29. The molecule has 4 nitrogen and oxygen atoms in total. The molecule has 0 unspecified atom stereocenters. The van der Waals surface area contributed by atoms with Gasteiger partial charge in [-0.05, 0) is 70.8 Å². The number of thiophene rings is 2. The largest absolute Gasteiger partial charge is 0.497 e. The molecule has 12 heteroatoms. The van der Waals surface area contributed by atoms with Crippen molar-refractivity contribution in [2.75, 3.05) is 7.11 Å². The van der Waals surface area contributed by atoms with Gasteiger partial charge in [0.2, 0.25) is 0 Å². The van der Waals surface area contributed by atoms with Gasteiger partial charge in [-0.3, -0.25) is 0 Å². The van der Waals surface area contributed by atoms with Crippen LogP contribution in [0.5, 0.6) is 5.75 Å². The lowest BCUT2D eigenvalue weighted by molar-refractivity contribution is -0.254. The molecule has 0 bridgehead atoms. The van der Waals surface area contributed by atoms with Crippen molar-refractivity contribution in [3.63, 3.8) is 0 Å². The molecule has 0 spiro atoms. The molecule has 0 N–H and O–H groups in total. The Kier molecular flexibility index (Phi) is 8.74. The fourth-order valence-electron chi connectivity index (χ4n) is 6.14. The topological polar surface area (TPSA) is 41.7 Å². The van der Waals surface area contributed by atoms with E-state index in [9.17, 15) is 5.26 Å². The molecular formula is C41H21F6N3OS2. The zero-order valence-electron chi connectivity index (χ0n) is 27.2. The van der Waals surface area contributed by atoms with Crippen molar-refractivity contribution in [2.24, 2.45) is 0 Å². The van der Waals surface area contributed by atoms with Gasteiger partial charge in [0, 0.05) is 41.8 Å². The average molecular weight is 750 g/mol. The Hall–Kier alpha value is -6.13. The van der Waals surface area contributed by atoms with Gasteiger partial charge >= 0.3 is 17.8 Å². The summed E-state index contributed by atoms with van der Waals surface area (Å²) < 4.78 is 103. The van der Waals surface area contributed by atoms with Crippen molar-refractivity contribution in [3.05, 3.63) is 149 Å². The lowest BCUT2D eigenvalue weighted by atomic mass is 9.91. The fraction of sp³-hybridized carbons (Fsp3) is 0.0976. The van der Waals surface area contributed by atoms with E-state index in [1.54, 1.807) is 36.4 Å². The molecule has 0 saturated carbocycles. The minimum Gasteiger partial charge on any atom is -0.497 e. The molecule has 2 heterocycles. The molecule has 1 aliphatic rings. The van der Waals surface area contributed by atoms with Crippen LogP contribution in [0.25, 0.3) is 62.6 Å². The number of rotatable bonds is 7. The second-order valence-corrected chi connectivity index (χ2v) is 14.0. The van der Waals surface area contributed by atoms with Gasteiger partial charge in [0.15, 0.2) is 11.4 Å². The lowest BCUT2D eigenvalue weighted by Gasteiger charge is -2.26. The fourth-order valence-corrected chi connectivity index (χ4v) is 8.49. The van der Waals surface area contributed by atoms with E-state index >= 15 is 26.3 Å². The Morgan fingerprint density at radius 3 is 1.34 bits per heavy atom. The molecule has 0 radical (unpaired) electrons. The molecule has 0 saturated heterocycles. The summed E-state index contributed by atoms with van der Waals surface area (Å²) in [5.74, 6) is -16.1. The lowest BCUT2D eigenvalue weighted by Crippen LogP contribution is -2.48. The van der Waals surface area contributed by atoms with Gasteiger partial charge in [-0.15, -0.1) is 22.7 Å². The number of hydrogen-bond acceptors (Lipinski definition) is 4. The van der Waals surface area contributed by atoms with Gasteiger partial charge in [0.05, 0.1) is 31.9 Å². The molecule has 7 rings (SSSR count). The molecule has 0 aliphatic heterocycles. The predicted octanol–water partition coefficient (Wildman–Crippen LogP) is 13.3. The number of halogens is 6. The maximum Gasteiger partial charge on any atom is 0.380 e. The number of methoxy groups -OCH3 is 1. The Labute approximate surface area is 307 Å². The molecule has 0 atom stereocenters. The Bertz CT molecular complexity index is 2530. The number of hydrogen-bond donors (Lipinski definition) is 0. The van der Waals surface area contributed by atoms with Gasteiger partial charge in [0.25, 0.3) is 0 Å². The van der Waals surface area contributed by atoms with E-state index < -0.39 is 40.0 Å². The average Bonchev–Trinajstić information content (AvgIpc) is 3.84. The van der Waals surface area contributed by atoms with Crippen LogP contribution in [0.15, 0.2) is 109 Å². The first kappa shape index (κ1) is 35.3. The number of benzene rings is 4. The van der Waals surface area contributed by atoms with Crippen LogP contribution in [0.2, 0.25) is 0 Å². The van der Waals surface area contributed by atoms with Crippen molar-refractivity contribution in [3.8, 4) is 53.6 Å². The van der Waals surface area contributed by atoms with Gasteiger partial charge in [-0.2, -0.15) is 31.6 Å². The summed E-state index contributed by atoms with van der Waals surface area (Å²) >= 11 is 1.90. The Morgan fingerprint density at radius 1 is 0.585 bits per heavy atom. The highest BCUT2D eigenvalue weighted by Crippen LogP contribution is 2.67. The van der Waals surface area contributed by atoms with Crippen LogP contribution in [0.3, 0.4) is 0 Å². The molecule has 2 aromatic heterocycles. The van der Waals surface area contributed by atoms with Crippen LogP contribution in [0.4, 0.5) is 37.7 Å². The van der Waals surface area contributed by atoms with Gasteiger partial charge in [-0.25, -0.2) is 9.69 Å². The minimum absolute atomic E-state index is 0.0118. The highest BCUT2D eigenvalue weighted by atomic mass is 32.1. The second-order valence-electron chi connectivity index (χ2n) is 11.9. The highest BCUT2D eigenvalue weighted by molar-refractivity contribution is 7.19. The molecule has 4 aromatic carbocycles. The zero-order chi connectivity index (χ0) is 37.7. The van der Waals surface area contributed by atoms with Crippen molar-refractivity contribution >= 4 is 45.2 Å². The van der Waals surface area contributed by atoms with Crippen LogP contribution in [-0.4, -0.2) is 24.9 Å². The summed E-state index contributed by atoms with van der Waals surface area (Å²) in [7, 11) is 1.43. The monoisotopic (exact) mass is 749 g/mol. The molecule has 0 amide bonds. The van der Waals surface area contributed by atoms with E-state index in [2.05, 4.69) is 9.69 Å². The number of nitriles is 1. The van der Waals surface area contributed by atoms with Crippen LogP contribution in [0.1, 0.15) is 16.7 Å². The van der Waals surface area contributed by atoms with Crippen LogP contribution in [-0.2, 0) is 0 Å². The first-order valence-corrected chi connectivity index (χ1v) is 17.3. The van der Waals surface area contributed by atoms with Crippen LogP contribution < -0.4 is 4.74 Å². The molecule has 260 valence electrons. The SMILES string of the molecule is [C-]#[N+]c1ccc(-c2cc(C3=C(c4cc(-c5ccc(C#N)cc5)sc4-c4ccc([N+]#[C-])cc4)C(F)(F)C(F)(F)C3(F)F)c(-c3ccc(OC)cc3)s2)cc1. The molecule has 53 heavy (non-hydrogen) atoms. The van der Waals surface area contributed by atoms with Gasteiger partial charge in [0.1, 0.15) is 5.75 Å². The summed E-state index contributed by atoms with van der Waals surface area (Å²) in [6.07, 6.45) is 0. The number of nitrogens with zero attached hydrogens (tertiary/aromatic N) is 3. The van der Waals surface area contributed by atoms with Gasteiger partial charge in [-0.1, -0.05) is 60.7 Å². The third-order valence-corrected chi connectivity index (χ3v) is 11.3. The Balaban J connectivity index is 1.57. The summed E-state index contributed by atoms with van der Waals surface area (Å²) in [5.41, 5.74) is -1.74. The van der Waals surface area contributed by atoms with E-state index in [0.29, 0.717) is 43.4 Å². The normalized spacial score (nSPS) is 15.4. The maximum atomic E-state index is 16.5. The van der Waals surface area contributed by atoms with Gasteiger partial charge < -0.3 is 4.74 Å². The number of allylic oxidation sites excluding steroid dienone is 2. The molecule has 6 aromatic rings. The smallest absolute Gasteiger partial charge is 0.380 e. The predicted molar refractivity (Wildman–Crippen MR) is 196 cm³/mol. The standard InChI is InChI=1S/C41H21F6N3OS2/c1-49-28-14-8-25(9-15-28)34-21-32(38(53-34)27-12-18-30(51-3)19-13-27)36-35(39(42,43)41(46,47)40(36,44)45)31-20-33(24-6-4-23(22-48)5-7-24)52-37(31)26-10-16-29(50-2)17-11-26/h4-21H,3H3. The third-order valence-electron chi connectivity index (χ3n) is 8.86. The number of alkyl halides is 6. The van der Waals surface area contributed by atoms with Crippen molar-refractivity contribution in [1.82, 2.24) is 0 Å². The van der Waals surface area contributed by atoms with E-state index in [1.165, 1.54) is 79.9 Å². The first-order chi connectivity index (χ1) is 25.3. The first-order valence-electron chi connectivity index (χ1n) is 15.6. The highest BCUT2D eigenvalue weighted by Gasteiger charge is 2.80. The zero-order valence-corrected chi connectivity index (χ0v) is 28.9. The molecular weight excluding hydrogens is 729 g/mol. The van der Waals surface area contributed by atoms with E-state index in [0.717, 1.165) is 22.7 Å². The number of ether oxygens (including phenoxy) is 1. The van der Waals surface area contributed by atoms with Crippen molar-refractivity contribution < 1.29 is 31.1 Å². The van der Waals surface area contributed by atoms with Crippen molar-refractivity contribution in [2.45, 2.75) is 17.8 Å². The summed E-state index contributed by atoms with van der Waals surface area (Å²) in [6.45, 7) is 14.6. The van der Waals surface area contributed by atoms with E-state index in [-0.39, 0.29) is 21.0 Å². The minimum atomic E-state index is -5.83. The molecule has 0 fully saturated rings. The van der Waals surface area contributed by atoms with Crippen LogP contribution >= 0.6 is 22.7 Å². The second kappa shape index (κ2) is 13.1. The molecule has 1 aliphatic carbocycles. The van der Waals surface area contributed by atoms with E-state index in [4.69, 9.17) is 17.9 Å². The Morgan fingerprint density at radius 2 is 0.962 bits per heavy atom. The van der Waals surface area contributed by atoms with Crippen molar-refractivity contribution in [1.29, 1.82) is 5.26 Å². The maximum absolute atomic E-state index is 16.5. The third kappa shape index (κ3) is 5.75. The van der Waals surface area contributed by atoms with E-state index in [1.807, 2.05) is 6.07 Å².